The van der Waals surface area contributed by atoms with Gasteiger partial charge in [-0.2, -0.15) is 0 Å². The van der Waals surface area contributed by atoms with Gasteiger partial charge in [-0.3, -0.25) is 4.79 Å². The first-order chi connectivity index (χ1) is 20.2. The highest BCUT2D eigenvalue weighted by atomic mass is 16.1. The van der Waals surface area contributed by atoms with Crippen molar-refractivity contribution in [1.29, 1.82) is 0 Å². The number of anilines is 1. The zero-order chi connectivity index (χ0) is 28.0. The first-order valence-electron chi connectivity index (χ1n) is 14.9. The van der Waals surface area contributed by atoms with Crippen LogP contribution in [0.15, 0.2) is 102 Å². The van der Waals surface area contributed by atoms with Gasteiger partial charge in [0, 0.05) is 36.1 Å². The number of nitrogens with one attached hydrogen (secondary N) is 2. The van der Waals surface area contributed by atoms with Gasteiger partial charge in [0.25, 0.3) is 0 Å². The van der Waals surface area contributed by atoms with Crippen LogP contribution in [0, 0.1) is 0 Å². The van der Waals surface area contributed by atoms with Gasteiger partial charge in [-0.1, -0.05) is 85.6 Å². The van der Waals surface area contributed by atoms with Crippen molar-refractivity contribution in [2.24, 2.45) is 0 Å². The summed E-state index contributed by atoms with van der Waals surface area (Å²) in [6.07, 6.45) is 11.5. The van der Waals surface area contributed by atoms with Crippen molar-refractivity contribution in [1.82, 2.24) is 14.9 Å². The number of rotatable bonds is 9. The first-order valence-corrected chi connectivity index (χ1v) is 14.9. The van der Waals surface area contributed by atoms with Crippen LogP contribution in [0.2, 0.25) is 0 Å². The van der Waals surface area contributed by atoms with E-state index in [2.05, 4.69) is 70.8 Å². The van der Waals surface area contributed by atoms with Gasteiger partial charge in [0.05, 0.1) is 12.1 Å². The minimum atomic E-state index is -0.0218. The van der Waals surface area contributed by atoms with E-state index < -0.39 is 0 Å². The van der Waals surface area contributed by atoms with Crippen molar-refractivity contribution in [3.05, 3.63) is 114 Å². The Bertz CT molecular complexity index is 1560. The van der Waals surface area contributed by atoms with Gasteiger partial charge >= 0.3 is 0 Å². The maximum atomic E-state index is 12.8. The summed E-state index contributed by atoms with van der Waals surface area (Å²) in [5.74, 6) is 1.11. The zero-order valence-electron chi connectivity index (χ0n) is 23.8. The van der Waals surface area contributed by atoms with E-state index in [0.29, 0.717) is 6.42 Å². The second kappa shape index (κ2) is 12.5. The number of benzene rings is 3. The fraction of sp³-hybridized carbons (Fsp3) is 0.278. The lowest BCUT2D eigenvalue weighted by atomic mass is 9.91. The molecule has 2 aliphatic rings. The molecule has 5 heteroatoms. The quantitative estimate of drug-likeness (QED) is 0.228. The largest absolute Gasteiger partial charge is 0.326 e. The Hall–Kier alpha value is -4.22. The Morgan fingerprint density at radius 2 is 1.66 bits per heavy atom. The predicted octanol–water partition coefficient (Wildman–Crippen LogP) is 7.67. The van der Waals surface area contributed by atoms with Crippen LogP contribution >= 0.6 is 0 Å². The molecule has 5 nitrogen and oxygen atoms in total. The van der Waals surface area contributed by atoms with Crippen LogP contribution in [-0.4, -0.2) is 28.5 Å². The molecule has 0 spiro atoms. The lowest BCUT2D eigenvalue weighted by Crippen LogP contribution is -2.26. The van der Waals surface area contributed by atoms with Crippen LogP contribution in [0.3, 0.4) is 0 Å². The third-order valence-electron chi connectivity index (χ3n) is 8.13. The van der Waals surface area contributed by atoms with Crippen LogP contribution in [0.4, 0.5) is 5.69 Å². The van der Waals surface area contributed by atoms with Gasteiger partial charge in [0.15, 0.2) is 0 Å². The smallest absolute Gasteiger partial charge is 0.228 e. The molecule has 41 heavy (non-hydrogen) atoms. The second-order valence-electron chi connectivity index (χ2n) is 11.1. The summed E-state index contributed by atoms with van der Waals surface area (Å²) in [6, 6.07) is 26.5. The molecule has 0 bridgehead atoms. The topological polar surface area (TPSA) is 59.0 Å². The number of hydrogen-bond acceptors (Lipinski definition) is 3. The Labute approximate surface area is 243 Å². The molecular weight excluding hydrogens is 504 g/mol. The average Bonchev–Trinajstić information content (AvgIpc) is 3.45. The fourth-order valence-electron chi connectivity index (χ4n) is 5.81. The molecule has 1 amide bonds. The second-order valence-corrected chi connectivity index (χ2v) is 11.1. The number of unbranched alkanes of at least 4 members (excludes halogenated alkanes) is 1. The van der Waals surface area contributed by atoms with Gasteiger partial charge in [-0.25, -0.2) is 4.98 Å². The van der Waals surface area contributed by atoms with Crippen molar-refractivity contribution in [2.45, 2.75) is 51.9 Å². The highest BCUT2D eigenvalue weighted by Crippen LogP contribution is 2.32. The Kier molecular flexibility index (Phi) is 8.24. The number of allylic oxidation sites excluding steroid dienone is 1. The van der Waals surface area contributed by atoms with E-state index in [9.17, 15) is 4.79 Å². The number of nitrogens with zero attached hydrogens (tertiary/aromatic N) is 2. The number of aromatic nitrogens is 2. The summed E-state index contributed by atoms with van der Waals surface area (Å²) < 4.78 is 2.34. The molecule has 0 radical (unpaired) electrons. The third kappa shape index (κ3) is 6.41. The molecule has 1 aliphatic carbocycles. The average molecular weight is 543 g/mol. The van der Waals surface area contributed by atoms with E-state index >= 15 is 0 Å². The first kappa shape index (κ1) is 27.0. The van der Waals surface area contributed by atoms with E-state index in [4.69, 9.17) is 4.98 Å². The molecule has 2 heterocycles. The number of hydrogen-bond donors (Lipinski definition) is 2. The molecule has 4 aromatic rings. The monoisotopic (exact) mass is 542 g/mol. The molecule has 1 aromatic heterocycles. The molecule has 1 aliphatic heterocycles. The van der Waals surface area contributed by atoms with Crippen molar-refractivity contribution >= 4 is 17.3 Å². The van der Waals surface area contributed by atoms with Crippen molar-refractivity contribution in [2.75, 3.05) is 18.4 Å². The molecule has 2 N–H and O–H groups in total. The minimum absolute atomic E-state index is 0.0218. The molecule has 0 fully saturated rings. The molecule has 0 saturated heterocycles. The van der Waals surface area contributed by atoms with Gasteiger partial charge < -0.3 is 15.2 Å². The predicted molar refractivity (Wildman–Crippen MR) is 169 cm³/mol. The summed E-state index contributed by atoms with van der Waals surface area (Å²) in [4.78, 5) is 17.8. The van der Waals surface area contributed by atoms with E-state index in [1.807, 2.05) is 42.5 Å². The SMILES string of the molecule is CCCCc1nc(-c2ccc(NC(=O)Cc3ccc(-c4ccccc4)cc3)cc2)cn1C1=CC2=C(CCNC2)CC1. The number of amides is 1. The highest BCUT2D eigenvalue weighted by molar-refractivity contribution is 5.92. The van der Waals surface area contributed by atoms with Crippen molar-refractivity contribution in [3.63, 3.8) is 0 Å². The summed E-state index contributed by atoms with van der Waals surface area (Å²) >= 11 is 0. The fourth-order valence-corrected chi connectivity index (χ4v) is 5.81. The van der Waals surface area contributed by atoms with Crippen molar-refractivity contribution < 1.29 is 4.79 Å². The summed E-state index contributed by atoms with van der Waals surface area (Å²) in [5.41, 5.74) is 10.6. The van der Waals surface area contributed by atoms with Crippen LogP contribution in [-0.2, 0) is 17.6 Å². The van der Waals surface area contributed by atoms with Gasteiger partial charge in [0.1, 0.15) is 5.82 Å². The molecule has 0 atom stereocenters. The Balaban J connectivity index is 1.13. The maximum Gasteiger partial charge on any atom is 0.228 e. The molecular formula is C36H38N4O. The van der Waals surface area contributed by atoms with E-state index in [-0.39, 0.29) is 5.91 Å². The van der Waals surface area contributed by atoms with Crippen LogP contribution in [0.1, 0.15) is 50.4 Å². The number of carbonyl (C=O) groups excluding carboxylic acids is 1. The van der Waals surface area contributed by atoms with E-state index in [0.717, 1.165) is 79.1 Å². The van der Waals surface area contributed by atoms with E-state index in [1.54, 1.807) is 5.57 Å². The maximum absolute atomic E-state index is 12.8. The summed E-state index contributed by atoms with van der Waals surface area (Å²) in [6.45, 7) is 4.29. The molecule has 3 aromatic carbocycles. The normalized spacial score (nSPS) is 14.9. The molecule has 0 unspecified atom stereocenters. The molecule has 6 rings (SSSR count). The highest BCUT2D eigenvalue weighted by Gasteiger charge is 2.20. The Morgan fingerprint density at radius 3 is 2.44 bits per heavy atom. The standard InChI is InChI=1S/C36H38N4O/c1-2-3-9-35-39-34(25-40(35)33-19-16-29-20-21-37-24-31(29)23-33)30-14-17-32(18-15-30)38-36(41)22-26-10-12-28(13-11-26)27-7-5-4-6-8-27/h4-8,10-15,17-18,23,25,37H,2-3,9,16,19-22,24H2,1H3,(H,38,41). The molecule has 0 saturated carbocycles. The van der Waals surface area contributed by atoms with Crippen LogP contribution in [0.5, 0.6) is 0 Å². The minimum Gasteiger partial charge on any atom is -0.326 e. The molecule has 208 valence electrons. The van der Waals surface area contributed by atoms with E-state index in [1.165, 1.54) is 23.3 Å². The zero-order valence-corrected chi connectivity index (χ0v) is 23.8. The van der Waals surface area contributed by atoms with Crippen LogP contribution < -0.4 is 10.6 Å². The van der Waals surface area contributed by atoms with Gasteiger partial charge in [-0.15, -0.1) is 0 Å². The van der Waals surface area contributed by atoms with Crippen molar-refractivity contribution in [3.8, 4) is 22.4 Å². The number of imidazole rings is 1. The Morgan fingerprint density at radius 1 is 0.902 bits per heavy atom. The lowest BCUT2D eigenvalue weighted by molar-refractivity contribution is -0.115. The third-order valence-corrected chi connectivity index (χ3v) is 8.13. The van der Waals surface area contributed by atoms with Gasteiger partial charge in [-0.05, 0) is 72.7 Å². The number of carbonyl (C=O) groups is 1. The lowest BCUT2D eigenvalue weighted by Gasteiger charge is -2.25. The number of aryl methyl sites for hydroxylation is 1. The summed E-state index contributed by atoms with van der Waals surface area (Å²) in [7, 11) is 0. The summed E-state index contributed by atoms with van der Waals surface area (Å²) in [5, 5.41) is 6.57. The van der Waals surface area contributed by atoms with Gasteiger partial charge in [0.2, 0.25) is 5.91 Å². The van der Waals surface area contributed by atoms with Crippen LogP contribution in [0.25, 0.3) is 28.1 Å².